The number of hydrogen-bond donors (Lipinski definition) is 2. The van der Waals surface area contributed by atoms with Gasteiger partial charge in [-0.1, -0.05) is 6.07 Å². The van der Waals surface area contributed by atoms with Crippen LogP contribution in [-0.2, 0) is 5.54 Å². The monoisotopic (exact) mass is 371 g/mol. The van der Waals surface area contributed by atoms with E-state index in [0.29, 0.717) is 30.4 Å². The number of nitrogens with one attached hydrogen (secondary N) is 1. The van der Waals surface area contributed by atoms with Crippen LogP contribution in [0, 0.1) is 5.82 Å². The lowest BCUT2D eigenvalue weighted by Gasteiger charge is -2.69. The van der Waals surface area contributed by atoms with Gasteiger partial charge in [-0.25, -0.2) is 9.18 Å². The molecule has 5 rings (SSSR count). The summed E-state index contributed by atoms with van der Waals surface area (Å²) in [6.45, 7) is 0. The van der Waals surface area contributed by atoms with Crippen molar-refractivity contribution in [3.8, 4) is 16.9 Å². The summed E-state index contributed by atoms with van der Waals surface area (Å²) in [7, 11) is 0. The molecule has 3 aliphatic carbocycles. The Morgan fingerprint density at radius 3 is 2.54 bits per heavy atom. The maximum Gasteiger partial charge on any atom is 0.573 e. The van der Waals surface area contributed by atoms with Gasteiger partial charge in [-0.2, -0.15) is 5.10 Å². The quantitative estimate of drug-likeness (QED) is 0.807. The number of amides is 1. The largest absolute Gasteiger partial charge is 0.573 e. The molecule has 1 amide bonds. The van der Waals surface area contributed by atoms with Gasteiger partial charge >= 0.3 is 12.5 Å². The van der Waals surface area contributed by atoms with Crippen molar-refractivity contribution in [3.05, 3.63) is 36.4 Å². The molecule has 3 aliphatic rings. The predicted molar refractivity (Wildman–Crippen MR) is 80.0 cm³/mol. The molecule has 3 saturated carbocycles. The molecular formula is C16H13F4N3O3. The second kappa shape index (κ2) is 5.12. The topological polar surface area (TPSA) is 76.4 Å². The number of rotatable bonds is 4. The Hall–Kier alpha value is -2.78. The number of halogens is 4. The van der Waals surface area contributed by atoms with Crippen molar-refractivity contribution in [2.45, 2.75) is 36.7 Å². The van der Waals surface area contributed by atoms with Gasteiger partial charge in [0.1, 0.15) is 0 Å². The highest BCUT2D eigenvalue weighted by Crippen LogP contribution is 2.65. The highest BCUT2D eigenvalue weighted by Gasteiger charge is 2.70. The van der Waals surface area contributed by atoms with Crippen molar-refractivity contribution in [2.75, 3.05) is 0 Å². The molecular weight excluding hydrogens is 358 g/mol. The Kier molecular flexibility index (Phi) is 3.28. The number of hydrogen-bond acceptors (Lipinski definition) is 3. The maximum absolute atomic E-state index is 13.8. The zero-order valence-corrected chi connectivity index (χ0v) is 13.2. The SMILES string of the molecule is O=C(O)NC12CC(n3cc(-c4ccc(OC(F)(F)F)c(F)c4)cn3)(C1)C2. The summed E-state index contributed by atoms with van der Waals surface area (Å²) in [4.78, 5) is 10.8. The summed E-state index contributed by atoms with van der Waals surface area (Å²) in [6.07, 6.45) is -0.965. The first-order chi connectivity index (χ1) is 12.1. The highest BCUT2D eigenvalue weighted by atomic mass is 19.4. The molecule has 3 fully saturated rings. The van der Waals surface area contributed by atoms with E-state index in [2.05, 4.69) is 15.2 Å². The zero-order chi connectivity index (χ0) is 18.7. The summed E-state index contributed by atoms with van der Waals surface area (Å²) in [5.74, 6) is -2.02. The molecule has 0 atom stereocenters. The first kappa shape index (κ1) is 16.7. The minimum atomic E-state index is -4.96. The predicted octanol–water partition coefficient (Wildman–Crippen LogP) is 3.49. The molecule has 2 aromatic rings. The smallest absolute Gasteiger partial charge is 0.465 e. The van der Waals surface area contributed by atoms with Crippen LogP contribution in [0.2, 0.25) is 0 Å². The summed E-state index contributed by atoms with van der Waals surface area (Å²) in [6, 6.07) is 3.20. The Bertz CT molecular complexity index is 873. The zero-order valence-electron chi connectivity index (χ0n) is 13.2. The fourth-order valence-corrected chi connectivity index (χ4v) is 3.96. The van der Waals surface area contributed by atoms with Crippen LogP contribution in [0.1, 0.15) is 19.3 Å². The average Bonchev–Trinajstić information content (AvgIpc) is 2.91. The first-order valence-electron chi connectivity index (χ1n) is 7.72. The lowest BCUT2D eigenvalue weighted by Crippen LogP contribution is -2.78. The molecule has 1 aromatic heterocycles. The van der Waals surface area contributed by atoms with Gasteiger partial charge in [-0.05, 0) is 37.0 Å². The van der Waals surface area contributed by atoms with Crippen molar-refractivity contribution >= 4 is 6.09 Å². The molecule has 6 nitrogen and oxygen atoms in total. The third-order valence-electron chi connectivity index (χ3n) is 4.93. The summed E-state index contributed by atoms with van der Waals surface area (Å²) in [5, 5.41) is 15.6. The Morgan fingerprint density at radius 1 is 1.27 bits per heavy atom. The lowest BCUT2D eigenvalue weighted by atomic mass is 9.44. The van der Waals surface area contributed by atoms with Gasteiger partial charge in [-0.15, -0.1) is 13.2 Å². The van der Waals surface area contributed by atoms with E-state index in [1.807, 2.05) is 0 Å². The van der Waals surface area contributed by atoms with Gasteiger partial charge in [0.25, 0.3) is 0 Å². The van der Waals surface area contributed by atoms with Gasteiger partial charge in [0.05, 0.1) is 17.3 Å². The molecule has 0 radical (unpaired) electrons. The first-order valence-corrected chi connectivity index (χ1v) is 7.72. The van der Waals surface area contributed by atoms with Crippen LogP contribution in [0.15, 0.2) is 30.6 Å². The molecule has 1 aromatic carbocycles. The van der Waals surface area contributed by atoms with E-state index in [4.69, 9.17) is 5.11 Å². The third kappa shape index (κ3) is 2.65. The highest BCUT2D eigenvalue weighted by molar-refractivity contribution is 5.67. The second-order valence-corrected chi connectivity index (χ2v) is 6.83. The minimum absolute atomic E-state index is 0.251. The van der Waals surface area contributed by atoms with Gasteiger partial charge in [0.15, 0.2) is 11.6 Å². The van der Waals surface area contributed by atoms with E-state index in [9.17, 15) is 22.4 Å². The molecule has 0 aliphatic heterocycles. The van der Waals surface area contributed by atoms with Crippen molar-refractivity contribution in [1.29, 1.82) is 0 Å². The Labute approximate surface area is 144 Å². The molecule has 2 N–H and O–H groups in total. The van der Waals surface area contributed by atoms with E-state index >= 15 is 0 Å². The average molecular weight is 371 g/mol. The van der Waals surface area contributed by atoms with Crippen LogP contribution in [0.3, 0.4) is 0 Å². The second-order valence-electron chi connectivity index (χ2n) is 6.83. The van der Waals surface area contributed by atoms with Crippen molar-refractivity contribution in [2.24, 2.45) is 0 Å². The van der Waals surface area contributed by atoms with E-state index < -0.39 is 24.0 Å². The molecule has 10 heteroatoms. The number of carboxylic acid groups (broad SMARTS) is 1. The number of benzene rings is 1. The van der Waals surface area contributed by atoms with Crippen LogP contribution in [0.25, 0.3) is 11.1 Å². The van der Waals surface area contributed by atoms with Crippen molar-refractivity contribution in [1.82, 2.24) is 15.1 Å². The van der Waals surface area contributed by atoms with Crippen LogP contribution in [0.4, 0.5) is 22.4 Å². The Balaban J connectivity index is 1.50. The van der Waals surface area contributed by atoms with E-state index in [-0.39, 0.29) is 11.1 Å². The molecule has 0 saturated heterocycles. The van der Waals surface area contributed by atoms with E-state index in [1.54, 1.807) is 10.9 Å². The van der Waals surface area contributed by atoms with Crippen LogP contribution < -0.4 is 10.1 Å². The maximum atomic E-state index is 13.8. The van der Waals surface area contributed by atoms with Crippen LogP contribution >= 0.6 is 0 Å². The van der Waals surface area contributed by atoms with Crippen molar-refractivity contribution < 1.29 is 32.2 Å². The van der Waals surface area contributed by atoms with Gasteiger partial charge in [-0.3, -0.25) is 4.68 Å². The van der Waals surface area contributed by atoms with Gasteiger partial charge < -0.3 is 15.2 Å². The van der Waals surface area contributed by atoms with E-state index in [0.717, 1.165) is 12.1 Å². The lowest BCUT2D eigenvalue weighted by molar-refractivity contribution is -0.275. The van der Waals surface area contributed by atoms with Gasteiger partial charge in [0.2, 0.25) is 0 Å². The standard InChI is InChI=1S/C16H13F4N3O3/c17-11-3-9(1-2-12(11)26-16(18,19)20)10-4-21-23(5-10)15-6-14(7-15,8-15)22-13(24)25/h1-5,22H,6-8H2,(H,24,25). The number of aromatic nitrogens is 2. The van der Waals surface area contributed by atoms with Gasteiger partial charge in [0, 0.05) is 11.8 Å². The van der Waals surface area contributed by atoms with Crippen LogP contribution in [0.5, 0.6) is 5.75 Å². The fourth-order valence-electron chi connectivity index (χ4n) is 3.96. The number of alkyl halides is 3. The normalized spacial score (nSPS) is 26.6. The molecule has 26 heavy (non-hydrogen) atoms. The molecule has 0 unspecified atom stereocenters. The van der Waals surface area contributed by atoms with E-state index in [1.165, 1.54) is 12.3 Å². The summed E-state index contributed by atoms with van der Waals surface area (Å²) >= 11 is 0. The summed E-state index contributed by atoms with van der Waals surface area (Å²) < 4.78 is 55.8. The molecule has 2 bridgehead atoms. The molecule has 138 valence electrons. The summed E-state index contributed by atoms with van der Waals surface area (Å²) in [5.41, 5.74) is 0.278. The minimum Gasteiger partial charge on any atom is -0.465 e. The third-order valence-corrected chi connectivity index (χ3v) is 4.93. The number of ether oxygens (including phenoxy) is 1. The molecule has 0 spiro atoms. The van der Waals surface area contributed by atoms with Crippen molar-refractivity contribution in [3.63, 3.8) is 0 Å². The Morgan fingerprint density at radius 2 is 1.96 bits per heavy atom. The number of carbonyl (C=O) groups is 1. The number of nitrogens with zero attached hydrogens (tertiary/aromatic N) is 2. The fraction of sp³-hybridized carbons (Fsp3) is 0.375. The molecule has 1 heterocycles. The van der Waals surface area contributed by atoms with Crippen LogP contribution in [-0.4, -0.2) is 32.9 Å².